The van der Waals surface area contributed by atoms with Crippen molar-refractivity contribution in [2.24, 2.45) is 0 Å². The van der Waals surface area contributed by atoms with E-state index in [1.54, 1.807) is 13.3 Å². The molecule has 1 aromatic heterocycles. The molecule has 5 nitrogen and oxygen atoms in total. The molecule has 0 unspecified atom stereocenters. The summed E-state index contributed by atoms with van der Waals surface area (Å²) >= 11 is 0. The summed E-state index contributed by atoms with van der Waals surface area (Å²) in [5, 5.41) is 22.1. The van der Waals surface area contributed by atoms with Gasteiger partial charge in [0.05, 0.1) is 19.8 Å². The van der Waals surface area contributed by atoms with Crippen molar-refractivity contribution < 1.29 is 14.9 Å². The lowest BCUT2D eigenvalue weighted by molar-refractivity contribution is 0.105. The number of nitrogens with zero attached hydrogens (tertiary/aromatic N) is 1. The summed E-state index contributed by atoms with van der Waals surface area (Å²) in [6.07, 6.45) is 0.900. The van der Waals surface area contributed by atoms with E-state index in [0.29, 0.717) is 5.75 Å². The van der Waals surface area contributed by atoms with Gasteiger partial charge < -0.3 is 20.3 Å². The van der Waals surface area contributed by atoms with Crippen molar-refractivity contribution in [2.75, 3.05) is 25.6 Å². The fourth-order valence-electron chi connectivity index (χ4n) is 1.76. The summed E-state index contributed by atoms with van der Waals surface area (Å²) in [4.78, 5) is 4.28. The van der Waals surface area contributed by atoms with Crippen LogP contribution in [0.1, 0.15) is 0 Å². The zero-order valence-corrected chi connectivity index (χ0v) is 10.1. The van der Waals surface area contributed by atoms with Crippen LogP contribution in [0, 0.1) is 0 Å². The van der Waals surface area contributed by atoms with Crippen LogP contribution in [-0.2, 0) is 0 Å². The summed E-state index contributed by atoms with van der Waals surface area (Å²) in [5.74, 6) is 0.707. The first-order valence-electron chi connectivity index (χ1n) is 5.70. The zero-order chi connectivity index (χ0) is 13.0. The number of fused-ring (bicyclic) bond motifs is 1. The molecule has 2 aromatic rings. The van der Waals surface area contributed by atoms with Crippen LogP contribution in [0.3, 0.4) is 0 Å². The summed E-state index contributed by atoms with van der Waals surface area (Å²) in [6.45, 7) is 0.0200. The molecular weight excluding hydrogens is 232 g/mol. The zero-order valence-electron chi connectivity index (χ0n) is 10.1. The molecule has 3 N–H and O–H groups in total. The van der Waals surface area contributed by atoms with Crippen molar-refractivity contribution in [1.82, 2.24) is 4.98 Å². The number of anilines is 1. The summed E-state index contributed by atoms with van der Waals surface area (Å²) in [7, 11) is 1.60. The third-order valence-corrected chi connectivity index (χ3v) is 2.69. The maximum absolute atomic E-state index is 9.34. The Bertz CT molecular complexity index is 531. The standard InChI is InChI=1S/C13H16N2O3/c1-18-12-4-2-3-10-11(5-6-14-13(10)12)15-7-9(17)8-16/h2-6,9,16-17H,7-8H2,1H3,(H,14,15)/t9-/m0/s1. The SMILES string of the molecule is COc1cccc2c(NC[C@H](O)CO)ccnc12. The number of rotatable bonds is 5. The van der Waals surface area contributed by atoms with Crippen LogP contribution in [0.15, 0.2) is 30.5 Å². The molecule has 0 saturated carbocycles. The third-order valence-electron chi connectivity index (χ3n) is 2.69. The van der Waals surface area contributed by atoms with Crippen LogP contribution < -0.4 is 10.1 Å². The number of benzene rings is 1. The number of aliphatic hydroxyl groups excluding tert-OH is 2. The molecule has 0 bridgehead atoms. The first-order valence-corrected chi connectivity index (χ1v) is 5.70. The van der Waals surface area contributed by atoms with Crippen LogP contribution in [0.5, 0.6) is 5.75 Å². The van der Waals surface area contributed by atoms with Gasteiger partial charge in [0.2, 0.25) is 0 Å². The lowest BCUT2D eigenvalue weighted by atomic mass is 10.1. The molecule has 96 valence electrons. The van der Waals surface area contributed by atoms with Crippen molar-refractivity contribution >= 4 is 16.6 Å². The van der Waals surface area contributed by atoms with Crippen molar-refractivity contribution in [3.05, 3.63) is 30.5 Å². The molecule has 2 rings (SSSR count). The first kappa shape index (κ1) is 12.6. The Labute approximate surface area is 105 Å². The Kier molecular flexibility index (Phi) is 3.96. The second-order valence-corrected chi connectivity index (χ2v) is 3.93. The van der Waals surface area contributed by atoms with Crippen molar-refractivity contribution in [3.63, 3.8) is 0 Å². The summed E-state index contributed by atoms with van der Waals surface area (Å²) < 4.78 is 5.25. The van der Waals surface area contributed by atoms with Gasteiger partial charge >= 0.3 is 0 Å². The van der Waals surface area contributed by atoms with E-state index < -0.39 is 6.10 Å². The number of hydrogen-bond donors (Lipinski definition) is 3. The second kappa shape index (κ2) is 5.66. The minimum absolute atomic E-state index is 0.265. The maximum atomic E-state index is 9.34. The van der Waals surface area contributed by atoms with Crippen LogP contribution in [-0.4, -0.2) is 41.6 Å². The molecule has 0 aliphatic carbocycles. The molecule has 1 atom stereocenters. The molecule has 1 heterocycles. The lowest BCUT2D eigenvalue weighted by Gasteiger charge is -2.13. The van der Waals surface area contributed by atoms with Gasteiger partial charge in [-0.2, -0.15) is 0 Å². The molecule has 5 heteroatoms. The van der Waals surface area contributed by atoms with Crippen LogP contribution in [0.2, 0.25) is 0 Å². The second-order valence-electron chi connectivity index (χ2n) is 3.93. The van der Waals surface area contributed by atoms with Crippen LogP contribution >= 0.6 is 0 Å². The van der Waals surface area contributed by atoms with E-state index in [-0.39, 0.29) is 13.2 Å². The number of methoxy groups -OCH3 is 1. The number of pyridine rings is 1. The van der Waals surface area contributed by atoms with Crippen molar-refractivity contribution in [2.45, 2.75) is 6.10 Å². The Morgan fingerprint density at radius 1 is 1.39 bits per heavy atom. The van der Waals surface area contributed by atoms with Crippen LogP contribution in [0.25, 0.3) is 10.9 Å². The van der Waals surface area contributed by atoms with Gasteiger partial charge in [-0.3, -0.25) is 4.98 Å². The summed E-state index contributed by atoms with van der Waals surface area (Å²) in [6, 6.07) is 7.49. The predicted octanol–water partition coefficient (Wildman–Crippen LogP) is 1.01. The topological polar surface area (TPSA) is 74.6 Å². The van der Waals surface area contributed by atoms with Gasteiger partial charge in [0.25, 0.3) is 0 Å². The van der Waals surface area contributed by atoms with E-state index in [4.69, 9.17) is 9.84 Å². The normalized spacial score (nSPS) is 12.4. The number of para-hydroxylation sites is 1. The Morgan fingerprint density at radius 2 is 2.22 bits per heavy atom. The van der Waals surface area contributed by atoms with E-state index in [0.717, 1.165) is 16.6 Å². The quantitative estimate of drug-likeness (QED) is 0.736. The van der Waals surface area contributed by atoms with Crippen molar-refractivity contribution in [3.8, 4) is 5.75 Å². The van der Waals surface area contributed by atoms with E-state index in [2.05, 4.69) is 10.3 Å². The van der Waals surface area contributed by atoms with E-state index in [1.807, 2.05) is 24.3 Å². The number of nitrogens with one attached hydrogen (secondary N) is 1. The van der Waals surface area contributed by atoms with Crippen LogP contribution in [0.4, 0.5) is 5.69 Å². The van der Waals surface area contributed by atoms with Gasteiger partial charge in [-0.1, -0.05) is 12.1 Å². The monoisotopic (exact) mass is 248 g/mol. The molecule has 0 aliphatic heterocycles. The highest BCUT2D eigenvalue weighted by atomic mass is 16.5. The lowest BCUT2D eigenvalue weighted by Crippen LogP contribution is -2.23. The van der Waals surface area contributed by atoms with E-state index in [9.17, 15) is 5.11 Å². The average Bonchev–Trinajstić information content (AvgIpc) is 2.43. The smallest absolute Gasteiger partial charge is 0.145 e. The number of aromatic nitrogens is 1. The first-order chi connectivity index (χ1) is 8.76. The van der Waals surface area contributed by atoms with Gasteiger partial charge in [-0.05, 0) is 12.1 Å². The fourth-order valence-corrected chi connectivity index (χ4v) is 1.76. The highest BCUT2D eigenvalue weighted by Gasteiger charge is 2.07. The fraction of sp³-hybridized carbons (Fsp3) is 0.308. The minimum atomic E-state index is -0.779. The minimum Gasteiger partial charge on any atom is -0.494 e. The molecule has 0 fully saturated rings. The molecular formula is C13H16N2O3. The average molecular weight is 248 g/mol. The Balaban J connectivity index is 2.34. The molecule has 18 heavy (non-hydrogen) atoms. The highest BCUT2D eigenvalue weighted by Crippen LogP contribution is 2.28. The van der Waals surface area contributed by atoms with Gasteiger partial charge in [0.15, 0.2) is 0 Å². The molecule has 0 saturated heterocycles. The predicted molar refractivity (Wildman–Crippen MR) is 69.9 cm³/mol. The molecule has 0 amide bonds. The molecule has 1 aromatic carbocycles. The van der Waals surface area contributed by atoms with Gasteiger partial charge in [0.1, 0.15) is 11.3 Å². The number of hydrogen-bond acceptors (Lipinski definition) is 5. The summed E-state index contributed by atoms with van der Waals surface area (Å²) in [5.41, 5.74) is 1.62. The number of ether oxygens (including phenoxy) is 1. The largest absolute Gasteiger partial charge is 0.494 e. The van der Waals surface area contributed by atoms with Gasteiger partial charge in [-0.15, -0.1) is 0 Å². The van der Waals surface area contributed by atoms with Gasteiger partial charge in [0, 0.05) is 23.8 Å². The Morgan fingerprint density at radius 3 is 2.94 bits per heavy atom. The van der Waals surface area contributed by atoms with E-state index in [1.165, 1.54) is 0 Å². The molecule has 0 radical (unpaired) electrons. The highest BCUT2D eigenvalue weighted by molar-refractivity contribution is 5.94. The molecule has 0 spiro atoms. The molecule has 0 aliphatic rings. The van der Waals surface area contributed by atoms with E-state index >= 15 is 0 Å². The van der Waals surface area contributed by atoms with Gasteiger partial charge in [-0.25, -0.2) is 0 Å². The Hall–Kier alpha value is -1.85. The van der Waals surface area contributed by atoms with Crippen molar-refractivity contribution in [1.29, 1.82) is 0 Å². The third kappa shape index (κ3) is 2.52. The maximum Gasteiger partial charge on any atom is 0.145 e. The number of aliphatic hydroxyl groups is 2.